The van der Waals surface area contributed by atoms with Gasteiger partial charge in [0.25, 0.3) is 0 Å². The van der Waals surface area contributed by atoms with Gasteiger partial charge in [-0.2, -0.15) is 0 Å². The zero-order valence-corrected chi connectivity index (χ0v) is 16.8. The Morgan fingerprint density at radius 2 is 1.96 bits per heavy atom. The molecule has 1 aromatic rings. The molecule has 150 valence electrons. The van der Waals surface area contributed by atoms with Gasteiger partial charge in [-0.05, 0) is 17.0 Å². The lowest BCUT2D eigenvalue weighted by Crippen LogP contribution is -2.53. The molecule has 27 heavy (non-hydrogen) atoms. The zero-order chi connectivity index (χ0) is 18.7. The van der Waals surface area contributed by atoms with Gasteiger partial charge in [0.15, 0.2) is 0 Å². The smallest absolute Gasteiger partial charge is 0.243 e. The number of fused-ring (bicyclic) bond motifs is 1. The van der Waals surface area contributed by atoms with Crippen molar-refractivity contribution in [1.29, 1.82) is 0 Å². The van der Waals surface area contributed by atoms with E-state index in [9.17, 15) is 14.7 Å². The highest BCUT2D eigenvalue weighted by molar-refractivity contribution is 5.88. The minimum absolute atomic E-state index is 0. The number of aliphatic hydroxyl groups is 1. The van der Waals surface area contributed by atoms with Gasteiger partial charge >= 0.3 is 0 Å². The number of hydrogen-bond acceptors (Lipinski definition) is 4. The summed E-state index contributed by atoms with van der Waals surface area (Å²) in [5, 5.41) is 16.0. The molecule has 3 rings (SSSR count). The van der Waals surface area contributed by atoms with Crippen LogP contribution in [0.5, 0.6) is 0 Å². The summed E-state index contributed by atoms with van der Waals surface area (Å²) >= 11 is 0. The highest BCUT2D eigenvalue weighted by atomic mass is 35.5. The molecular formula is C20H30ClN3O3. The first-order chi connectivity index (χ1) is 12.5. The van der Waals surface area contributed by atoms with Gasteiger partial charge in [-0.25, -0.2) is 0 Å². The maximum absolute atomic E-state index is 12.9. The molecule has 0 aliphatic carbocycles. The van der Waals surface area contributed by atoms with Crippen molar-refractivity contribution in [1.82, 2.24) is 15.5 Å². The third-order valence-electron chi connectivity index (χ3n) is 5.30. The molecule has 3 unspecified atom stereocenters. The van der Waals surface area contributed by atoms with E-state index in [1.54, 1.807) is 4.90 Å². The van der Waals surface area contributed by atoms with Gasteiger partial charge in [0.05, 0.1) is 6.10 Å². The van der Waals surface area contributed by atoms with Crippen LogP contribution in [0.2, 0.25) is 0 Å². The number of aliphatic hydroxyl groups excluding tert-OH is 1. The lowest BCUT2D eigenvalue weighted by atomic mass is 9.92. The molecule has 2 aliphatic rings. The van der Waals surface area contributed by atoms with Crippen LogP contribution >= 0.6 is 12.4 Å². The minimum atomic E-state index is -0.484. The highest BCUT2D eigenvalue weighted by Gasteiger charge is 2.35. The molecule has 1 saturated heterocycles. The summed E-state index contributed by atoms with van der Waals surface area (Å²) in [4.78, 5) is 27.3. The molecule has 1 aromatic carbocycles. The molecule has 1 fully saturated rings. The second-order valence-electron chi connectivity index (χ2n) is 7.84. The second kappa shape index (κ2) is 9.53. The fraction of sp³-hybridized carbons (Fsp3) is 0.600. The average molecular weight is 396 g/mol. The van der Waals surface area contributed by atoms with Crippen LogP contribution in [-0.2, 0) is 22.6 Å². The molecule has 0 bridgehead atoms. The van der Waals surface area contributed by atoms with Crippen molar-refractivity contribution in [3.8, 4) is 0 Å². The summed E-state index contributed by atoms with van der Waals surface area (Å²) < 4.78 is 0. The molecule has 2 amide bonds. The van der Waals surface area contributed by atoms with Gasteiger partial charge in [0, 0.05) is 44.9 Å². The molecule has 2 heterocycles. The van der Waals surface area contributed by atoms with Gasteiger partial charge in [-0.15, -0.1) is 12.4 Å². The van der Waals surface area contributed by atoms with Crippen molar-refractivity contribution in [3.63, 3.8) is 0 Å². The molecule has 3 atom stereocenters. The average Bonchev–Trinajstić information content (AvgIpc) is 3.03. The molecule has 3 N–H and O–H groups in total. The van der Waals surface area contributed by atoms with Crippen LogP contribution in [0.3, 0.4) is 0 Å². The summed E-state index contributed by atoms with van der Waals surface area (Å²) in [7, 11) is 0. The molecule has 0 radical (unpaired) electrons. The molecule has 0 saturated carbocycles. The van der Waals surface area contributed by atoms with Crippen LogP contribution in [0.4, 0.5) is 0 Å². The molecule has 0 aromatic heterocycles. The van der Waals surface area contributed by atoms with E-state index in [0.29, 0.717) is 39.0 Å². The number of carbonyl (C=O) groups excluding carboxylic acids is 2. The Hall–Kier alpha value is -1.63. The summed E-state index contributed by atoms with van der Waals surface area (Å²) in [5.41, 5.74) is 2.24. The van der Waals surface area contributed by atoms with Crippen molar-refractivity contribution in [3.05, 3.63) is 35.4 Å². The third kappa shape index (κ3) is 5.21. The number of β-amino-alcohol motifs (C(OH)–C–C–N with tert-alkyl or cyclic N) is 1. The molecule has 0 spiro atoms. The van der Waals surface area contributed by atoms with Gasteiger partial charge in [0.1, 0.15) is 6.04 Å². The zero-order valence-electron chi connectivity index (χ0n) is 16.0. The van der Waals surface area contributed by atoms with E-state index >= 15 is 0 Å². The van der Waals surface area contributed by atoms with E-state index in [1.165, 1.54) is 0 Å². The first-order valence-electron chi connectivity index (χ1n) is 9.48. The Morgan fingerprint density at radius 3 is 2.59 bits per heavy atom. The molecule has 6 nitrogen and oxygen atoms in total. The number of benzene rings is 1. The van der Waals surface area contributed by atoms with Crippen molar-refractivity contribution in [2.24, 2.45) is 11.8 Å². The Kier molecular flexibility index (Phi) is 7.65. The monoisotopic (exact) mass is 395 g/mol. The Bertz CT molecular complexity index is 668. The van der Waals surface area contributed by atoms with Crippen molar-refractivity contribution in [2.45, 2.75) is 45.4 Å². The molecular weight excluding hydrogens is 366 g/mol. The Morgan fingerprint density at radius 1 is 1.26 bits per heavy atom. The standard InChI is InChI=1S/C20H29N3O3.ClH/c1-13(2)7-19(25)23-12-15-6-4-3-5-14(15)8-17(23)20(26)22-10-16-9-21-11-18(16)24;/h3-6,13,16-18,21,24H,7-12H2,1-2H3,(H,22,26);1H. The van der Waals surface area contributed by atoms with E-state index in [4.69, 9.17) is 0 Å². The normalized spacial score (nSPS) is 24.3. The number of hydrogen-bond donors (Lipinski definition) is 3. The van der Waals surface area contributed by atoms with Crippen LogP contribution in [0.15, 0.2) is 24.3 Å². The van der Waals surface area contributed by atoms with E-state index < -0.39 is 12.1 Å². The molecule has 7 heteroatoms. The summed E-state index contributed by atoms with van der Waals surface area (Å²) in [6.07, 6.45) is 0.551. The highest BCUT2D eigenvalue weighted by Crippen LogP contribution is 2.25. The predicted octanol–water partition coefficient (Wildman–Crippen LogP) is 1.10. The lowest BCUT2D eigenvalue weighted by Gasteiger charge is -2.36. The largest absolute Gasteiger partial charge is 0.391 e. The number of nitrogens with zero attached hydrogens (tertiary/aromatic N) is 1. The van der Waals surface area contributed by atoms with Crippen LogP contribution < -0.4 is 10.6 Å². The number of carbonyl (C=O) groups is 2. The minimum Gasteiger partial charge on any atom is -0.391 e. The van der Waals surface area contributed by atoms with Crippen LogP contribution in [-0.4, -0.2) is 53.6 Å². The number of halogens is 1. The van der Waals surface area contributed by atoms with E-state index in [1.807, 2.05) is 38.1 Å². The summed E-state index contributed by atoms with van der Waals surface area (Å²) in [6, 6.07) is 7.52. The van der Waals surface area contributed by atoms with E-state index in [2.05, 4.69) is 10.6 Å². The number of amides is 2. The molecule has 2 aliphatic heterocycles. The predicted molar refractivity (Wildman–Crippen MR) is 107 cm³/mol. The van der Waals surface area contributed by atoms with Gasteiger partial charge in [0.2, 0.25) is 11.8 Å². The maximum Gasteiger partial charge on any atom is 0.243 e. The van der Waals surface area contributed by atoms with Gasteiger partial charge in [-0.3, -0.25) is 9.59 Å². The van der Waals surface area contributed by atoms with Crippen LogP contribution in [0.1, 0.15) is 31.4 Å². The van der Waals surface area contributed by atoms with Crippen LogP contribution in [0.25, 0.3) is 0 Å². The van der Waals surface area contributed by atoms with Crippen molar-refractivity contribution in [2.75, 3.05) is 19.6 Å². The lowest BCUT2D eigenvalue weighted by molar-refractivity contribution is -0.142. The topological polar surface area (TPSA) is 81.7 Å². The van der Waals surface area contributed by atoms with E-state index in [0.717, 1.165) is 11.1 Å². The SMILES string of the molecule is CC(C)CC(=O)N1Cc2ccccc2CC1C(=O)NCC1CNCC1O.Cl. The quantitative estimate of drug-likeness (QED) is 0.697. The fourth-order valence-electron chi connectivity index (χ4n) is 3.76. The summed E-state index contributed by atoms with van der Waals surface area (Å²) in [6.45, 7) is 6.20. The Labute approximate surface area is 167 Å². The van der Waals surface area contributed by atoms with Crippen molar-refractivity contribution >= 4 is 24.2 Å². The maximum atomic E-state index is 12.9. The first kappa shape index (κ1) is 21.7. The summed E-state index contributed by atoms with van der Waals surface area (Å²) in [5.74, 6) is 0.172. The number of rotatable bonds is 5. The Balaban J connectivity index is 0.00000261. The number of nitrogens with one attached hydrogen (secondary N) is 2. The van der Waals surface area contributed by atoms with Crippen LogP contribution in [0, 0.1) is 11.8 Å². The van der Waals surface area contributed by atoms with Gasteiger partial charge in [-0.1, -0.05) is 38.1 Å². The van der Waals surface area contributed by atoms with E-state index in [-0.39, 0.29) is 36.1 Å². The van der Waals surface area contributed by atoms with Crippen molar-refractivity contribution < 1.29 is 14.7 Å². The van der Waals surface area contributed by atoms with Gasteiger partial charge < -0.3 is 20.6 Å². The first-order valence-corrected chi connectivity index (χ1v) is 9.48. The second-order valence-corrected chi connectivity index (χ2v) is 7.84. The third-order valence-corrected chi connectivity index (χ3v) is 5.30. The fourth-order valence-corrected chi connectivity index (χ4v) is 3.76.